The summed E-state index contributed by atoms with van der Waals surface area (Å²) in [7, 11) is 0. The zero-order valence-corrected chi connectivity index (χ0v) is 12.5. The van der Waals surface area contributed by atoms with Crippen LogP contribution in [0.25, 0.3) is 0 Å². The molecule has 2 aromatic rings. The van der Waals surface area contributed by atoms with Crippen LogP contribution in [0.3, 0.4) is 0 Å². The molecule has 1 aliphatic rings. The molecule has 1 atom stereocenters. The normalized spacial score (nSPS) is 17.1. The molecule has 0 bridgehead atoms. The Hall–Kier alpha value is -2.90. The first-order chi connectivity index (χ1) is 11.1. The number of fused-ring (bicyclic) bond motifs is 1. The highest BCUT2D eigenvalue weighted by molar-refractivity contribution is 5.95. The van der Waals surface area contributed by atoms with Crippen molar-refractivity contribution in [3.8, 4) is 5.75 Å². The van der Waals surface area contributed by atoms with Crippen LogP contribution in [0.2, 0.25) is 0 Å². The van der Waals surface area contributed by atoms with E-state index in [1.807, 2.05) is 6.92 Å². The van der Waals surface area contributed by atoms with Gasteiger partial charge in [-0.3, -0.25) is 4.79 Å². The van der Waals surface area contributed by atoms with E-state index >= 15 is 0 Å². The summed E-state index contributed by atoms with van der Waals surface area (Å²) in [6.45, 7) is 2.75. The summed E-state index contributed by atoms with van der Waals surface area (Å²) in [6, 6.07) is 5.73. The van der Waals surface area contributed by atoms with E-state index in [2.05, 4.69) is 10.2 Å². The van der Waals surface area contributed by atoms with E-state index < -0.39 is 17.9 Å². The second kappa shape index (κ2) is 6.07. The van der Waals surface area contributed by atoms with Crippen molar-refractivity contribution in [2.24, 2.45) is 0 Å². The zero-order valence-electron chi connectivity index (χ0n) is 12.5. The maximum Gasteiger partial charge on any atom is 0.331 e. The minimum Gasteiger partial charge on any atom is -0.491 e. The van der Waals surface area contributed by atoms with E-state index in [0.29, 0.717) is 17.9 Å². The molecule has 1 aromatic carbocycles. The van der Waals surface area contributed by atoms with Gasteiger partial charge < -0.3 is 14.7 Å². The number of amides is 1. The molecule has 1 unspecified atom stereocenters. The first-order valence-corrected chi connectivity index (χ1v) is 7.27. The summed E-state index contributed by atoms with van der Waals surface area (Å²) in [5, 5.41) is 17.7. The van der Waals surface area contributed by atoms with E-state index in [4.69, 9.17) is 4.74 Å². The summed E-state index contributed by atoms with van der Waals surface area (Å²) < 4.78 is 5.57. The lowest BCUT2D eigenvalue weighted by Gasteiger charge is -2.25. The molecule has 0 saturated carbocycles. The molecule has 1 amide bonds. The van der Waals surface area contributed by atoms with E-state index in [-0.39, 0.29) is 18.8 Å². The molecular weight excluding hydrogens is 300 g/mol. The smallest absolute Gasteiger partial charge is 0.331 e. The summed E-state index contributed by atoms with van der Waals surface area (Å²) in [4.78, 5) is 27.1. The third-order valence-electron chi connectivity index (χ3n) is 3.65. The number of carbonyl (C=O) groups excluding carboxylic acids is 1. The van der Waals surface area contributed by atoms with Gasteiger partial charge in [0.2, 0.25) is 0 Å². The number of carbonyl (C=O) groups is 2. The molecular formula is C15H16N4O4. The number of para-hydroxylation sites is 1. The summed E-state index contributed by atoms with van der Waals surface area (Å²) in [6.07, 6.45) is 1.35. The van der Waals surface area contributed by atoms with E-state index in [9.17, 15) is 14.7 Å². The third-order valence-corrected chi connectivity index (χ3v) is 3.65. The van der Waals surface area contributed by atoms with Crippen LogP contribution in [-0.2, 0) is 11.3 Å². The minimum absolute atomic E-state index is 0.123. The summed E-state index contributed by atoms with van der Waals surface area (Å²) >= 11 is 0. The van der Waals surface area contributed by atoms with Crippen molar-refractivity contribution in [2.75, 3.05) is 13.2 Å². The Balaban J connectivity index is 2.00. The average molecular weight is 316 g/mol. The average Bonchev–Trinajstić information content (AvgIpc) is 2.94. The van der Waals surface area contributed by atoms with Gasteiger partial charge in [0.05, 0.1) is 19.3 Å². The fourth-order valence-corrected chi connectivity index (χ4v) is 2.57. The van der Waals surface area contributed by atoms with Crippen LogP contribution < -0.4 is 4.74 Å². The number of aliphatic carboxylic acids is 1. The number of aromatic nitrogens is 3. The number of nitrogens with zero attached hydrogens (tertiary/aromatic N) is 4. The van der Waals surface area contributed by atoms with Crippen molar-refractivity contribution >= 4 is 11.9 Å². The fourth-order valence-electron chi connectivity index (χ4n) is 2.57. The predicted molar refractivity (Wildman–Crippen MR) is 79.0 cm³/mol. The van der Waals surface area contributed by atoms with Crippen LogP contribution in [-0.4, -0.2) is 50.0 Å². The molecule has 0 saturated heterocycles. The molecule has 1 N–H and O–H groups in total. The van der Waals surface area contributed by atoms with Gasteiger partial charge in [-0.2, -0.15) is 9.90 Å². The maximum absolute atomic E-state index is 12.7. The Morgan fingerprint density at radius 1 is 1.39 bits per heavy atom. The highest BCUT2D eigenvalue weighted by Gasteiger charge is 2.36. The Bertz CT molecular complexity index is 743. The lowest BCUT2D eigenvalue weighted by atomic mass is 10.0. The Morgan fingerprint density at radius 2 is 2.17 bits per heavy atom. The van der Waals surface area contributed by atoms with Crippen LogP contribution in [0.15, 0.2) is 30.5 Å². The van der Waals surface area contributed by atoms with Crippen molar-refractivity contribution in [1.29, 1.82) is 0 Å². The molecule has 0 radical (unpaired) electrons. The second-order valence-corrected chi connectivity index (χ2v) is 5.04. The number of aryl methyl sites for hydroxylation is 1. The Labute approximate surface area is 132 Å². The number of carboxylic acids is 1. The van der Waals surface area contributed by atoms with Gasteiger partial charge in [-0.15, -0.1) is 5.10 Å². The van der Waals surface area contributed by atoms with Gasteiger partial charge in [0.25, 0.3) is 5.91 Å². The third kappa shape index (κ3) is 2.75. The zero-order chi connectivity index (χ0) is 16.4. The van der Waals surface area contributed by atoms with Gasteiger partial charge in [0.15, 0.2) is 11.7 Å². The Kier molecular flexibility index (Phi) is 3.96. The minimum atomic E-state index is -1.12. The van der Waals surface area contributed by atoms with Gasteiger partial charge in [0.1, 0.15) is 12.4 Å². The fraction of sp³-hybridized carbons (Fsp3) is 0.333. The highest BCUT2D eigenvalue weighted by atomic mass is 16.5. The largest absolute Gasteiger partial charge is 0.491 e. The highest BCUT2D eigenvalue weighted by Crippen LogP contribution is 2.32. The van der Waals surface area contributed by atoms with E-state index in [1.165, 1.54) is 15.9 Å². The molecule has 1 aliphatic heterocycles. The van der Waals surface area contributed by atoms with Crippen molar-refractivity contribution in [3.63, 3.8) is 0 Å². The molecule has 1 aromatic heterocycles. The molecule has 0 aliphatic carbocycles. The molecule has 8 nitrogen and oxygen atoms in total. The van der Waals surface area contributed by atoms with Crippen LogP contribution >= 0.6 is 0 Å². The van der Waals surface area contributed by atoms with Gasteiger partial charge in [0, 0.05) is 5.56 Å². The SMILES string of the molecule is CCn1ncc(C(=O)N2CCOc3ccccc3C2C(=O)O)n1. The number of hydrogen-bond acceptors (Lipinski definition) is 5. The first-order valence-electron chi connectivity index (χ1n) is 7.27. The monoisotopic (exact) mass is 316 g/mol. The van der Waals surface area contributed by atoms with E-state index in [1.54, 1.807) is 24.3 Å². The summed E-state index contributed by atoms with van der Waals surface area (Å²) in [5.74, 6) is -1.11. The Morgan fingerprint density at radius 3 is 2.87 bits per heavy atom. The van der Waals surface area contributed by atoms with Gasteiger partial charge in [-0.1, -0.05) is 18.2 Å². The van der Waals surface area contributed by atoms with Crippen LogP contribution in [0.4, 0.5) is 0 Å². The molecule has 120 valence electrons. The van der Waals surface area contributed by atoms with Crippen LogP contribution in [0, 0.1) is 0 Å². The van der Waals surface area contributed by atoms with Crippen molar-refractivity contribution < 1.29 is 19.4 Å². The molecule has 2 heterocycles. The molecule has 0 fully saturated rings. The number of benzene rings is 1. The number of ether oxygens (including phenoxy) is 1. The number of hydrogen-bond donors (Lipinski definition) is 1. The van der Waals surface area contributed by atoms with Crippen LogP contribution in [0.5, 0.6) is 5.75 Å². The predicted octanol–water partition coefficient (Wildman–Crippen LogP) is 0.959. The van der Waals surface area contributed by atoms with Crippen molar-refractivity contribution in [3.05, 3.63) is 41.7 Å². The maximum atomic E-state index is 12.7. The molecule has 0 spiro atoms. The van der Waals surface area contributed by atoms with Gasteiger partial charge >= 0.3 is 5.97 Å². The lowest BCUT2D eigenvalue weighted by Crippen LogP contribution is -2.40. The van der Waals surface area contributed by atoms with Crippen molar-refractivity contribution in [1.82, 2.24) is 19.9 Å². The number of rotatable bonds is 3. The van der Waals surface area contributed by atoms with Crippen molar-refractivity contribution in [2.45, 2.75) is 19.5 Å². The first kappa shape index (κ1) is 15.0. The van der Waals surface area contributed by atoms with E-state index in [0.717, 1.165) is 0 Å². The number of carboxylic acid groups (broad SMARTS) is 1. The van der Waals surface area contributed by atoms with Gasteiger partial charge in [-0.25, -0.2) is 4.79 Å². The molecule has 8 heteroatoms. The summed E-state index contributed by atoms with van der Waals surface area (Å²) in [5.41, 5.74) is 0.575. The standard InChI is InChI=1S/C15H16N4O4/c1-2-19-16-9-11(17-19)14(20)18-7-8-23-12-6-4-3-5-10(12)13(18)15(21)22/h3-6,9,13H,2,7-8H2,1H3,(H,21,22). The second-order valence-electron chi connectivity index (χ2n) is 5.04. The molecule has 23 heavy (non-hydrogen) atoms. The topological polar surface area (TPSA) is 97.6 Å². The molecule has 3 rings (SSSR count). The quantitative estimate of drug-likeness (QED) is 0.905. The van der Waals surface area contributed by atoms with Crippen LogP contribution in [0.1, 0.15) is 29.0 Å². The lowest BCUT2D eigenvalue weighted by molar-refractivity contribution is -0.142. The van der Waals surface area contributed by atoms with Gasteiger partial charge in [-0.05, 0) is 13.0 Å².